The van der Waals surface area contributed by atoms with Gasteiger partial charge in [-0.15, -0.1) is 0 Å². The van der Waals surface area contributed by atoms with Gasteiger partial charge in [0.2, 0.25) is 0 Å². The van der Waals surface area contributed by atoms with Gasteiger partial charge in [0.05, 0.1) is 22.3 Å². The van der Waals surface area contributed by atoms with Crippen molar-refractivity contribution in [2.75, 3.05) is 10.6 Å². The van der Waals surface area contributed by atoms with Gasteiger partial charge < -0.3 is 15.2 Å². The molecule has 5 aromatic rings. The molecule has 0 spiro atoms. The van der Waals surface area contributed by atoms with E-state index in [1.807, 2.05) is 61.5 Å². The molecule has 0 atom stereocenters. The molecule has 0 saturated heterocycles. The van der Waals surface area contributed by atoms with Gasteiger partial charge in [-0.3, -0.25) is 4.98 Å². The first-order valence-corrected chi connectivity index (χ1v) is 10.5. The van der Waals surface area contributed by atoms with Gasteiger partial charge >= 0.3 is 6.18 Å². The van der Waals surface area contributed by atoms with Crippen molar-refractivity contribution < 1.29 is 17.7 Å². The highest BCUT2D eigenvalue weighted by Crippen LogP contribution is 2.36. The molecule has 0 saturated carbocycles. The maximum Gasteiger partial charge on any atom is 0.416 e. The number of pyridine rings is 1. The number of hydrogen-bond acceptors (Lipinski definition) is 5. The van der Waals surface area contributed by atoms with Crippen LogP contribution in [0.3, 0.4) is 0 Å². The smallest absolute Gasteiger partial charge is 0.352 e. The number of rotatable bonds is 5. The fourth-order valence-corrected chi connectivity index (χ4v) is 3.63. The third-order valence-electron chi connectivity index (χ3n) is 5.44. The quantitative estimate of drug-likeness (QED) is 0.281. The number of aromatic nitrogens is 2. The summed E-state index contributed by atoms with van der Waals surface area (Å²) < 4.78 is 44.1. The SMILES string of the molecule is Cc1ccc2c(Nc3ccc(C(F)(F)F)cc3)noc2c1Nc1ccc(-c2ccccn2)cc1. The van der Waals surface area contributed by atoms with E-state index in [9.17, 15) is 13.2 Å². The molecule has 2 N–H and O–H groups in total. The van der Waals surface area contributed by atoms with Crippen molar-refractivity contribution in [2.45, 2.75) is 13.1 Å². The minimum absolute atomic E-state index is 0.420. The largest absolute Gasteiger partial charge is 0.416 e. The number of halogens is 3. The van der Waals surface area contributed by atoms with Crippen molar-refractivity contribution in [3.63, 3.8) is 0 Å². The molecule has 5 rings (SSSR count). The van der Waals surface area contributed by atoms with Crippen LogP contribution in [0.25, 0.3) is 22.2 Å². The molecule has 0 radical (unpaired) electrons. The molecule has 3 aromatic carbocycles. The zero-order valence-electron chi connectivity index (χ0n) is 18.0. The molecule has 0 unspecified atom stereocenters. The maximum absolute atomic E-state index is 12.8. The molecule has 0 aliphatic heterocycles. The van der Waals surface area contributed by atoms with E-state index in [-0.39, 0.29) is 0 Å². The number of alkyl halides is 3. The van der Waals surface area contributed by atoms with Gasteiger partial charge in [-0.05, 0) is 67.1 Å². The first kappa shape index (κ1) is 21.5. The lowest BCUT2D eigenvalue weighted by molar-refractivity contribution is -0.137. The van der Waals surface area contributed by atoms with E-state index in [2.05, 4.69) is 20.8 Å². The predicted molar refractivity (Wildman–Crippen MR) is 126 cm³/mol. The second kappa shape index (κ2) is 8.55. The van der Waals surface area contributed by atoms with Crippen LogP contribution in [0, 0.1) is 6.92 Å². The topological polar surface area (TPSA) is 63.0 Å². The van der Waals surface area contributed by atoms with E-state index >= 15 is 0 Å². The van der Waals surface area contributed by atoms with Crippen LogP contribution in [-0.4, -0.2) is 10.1 Å². The van der Waals surface area contributed by atoms with Crippen molar-refractivity contribution in [2.24, 2.45) is 0 Å². The first-order chi connectivity index (χ1) is 16.4. The number of hydrogen-bond donors (Lipinski definition) is 2. The molecule has 170 valence electrons. The molecule has 0 amide bonds. The van der Waals surface area contributed by atoms with Gasteiger partial charge in [0.1, 0.15) is 0 Å². The Morgan fingerprint density at radius 2 is 1.50 bits per heavy atom. The Morgan fingerprint density at radius 1 is 0.794 bits per heavy atom. The minimum Gasteiger partial charge on any atom is -0.352 e. The number of nitrogens with one attached hydrogen (secondary N) is 2. The molecule has 0 fully saturated rings. The highest BCUT2D eigenvalue weighted by Gasteiger charge is 2.30. The van der Waals surface area contributed by atoms with E-state index < -0.39 is 11.7 Å². The van der Waals surface area contributed by atoms with Crippen molar-refractivity contribution in [3.8, 4) is 11.3 Å². The van der Waals surface area contributed by atoms with Crippen molar-refractivity contribution >= 4 is 33.8 Å². The Labute approximate surface area is 193 Å². The number of anilines is 4. The third-order valence-corrected chi connectivity index (χ3v) is 5.44. The van der Waals surface area contributed by atoms with Gasteiger partial charge in [0.25, 0.3) is 0 Å². The van der Waals surface area contributed by atoms with Crippen LogP contribution >= 0.6 is 0 Å². The molecule has 5 nitrogen and oxygen atoms in total. The Hall–Kier alpha value is -4.33. The van der Waals surface area contributed by atoms with E-state index in [0.717, 1.165) is 40.3 Å². The maximum atomic E-state index is 12.8. The van der Waals surface area contributed by atoms with Crippen LogP contribution in [0.1, 0.15) is 11.1 Å². The van der Waals surface area contributed by atoms with Crippen molar-refractivity contribution in [1.29, 1.82) is 0 Å². The fourth-order valence-electron chi connectivity index (χ4n) is 3.63. The molecular weight excluding hydrogens is 441 g/mol. The Balaban J connectivity index is 1.40. The van der Waals surface area contributed by atoms with Crippen LogP contribution in [0.4, 0.5) is 36.1 Å². The lowest BCUT2D eigenvalue weighted by Gasteiger charge is -2.11. The molecular formula is C26H19F3N4O. The van der Waals surface area contributed by atoms with Crippen molar-refractivity contribution in [1.82, 2.24) is 10.1 Å². The summed E-state index contributed by atoms with van der Waals surface area (Å²) >= 11 is 0. The second-order valence-electron chi connectivity index (χ2n) is 7.78. The van der Waals surface area contributed by atoms with E-state index in [0.29, 0.717) is 22.5 Å². The average Bonchev–Trinajstić information content (AvgIpc) is 3.24. The summed E-state index contributed by atoms with van der Waals surface area (Å²) in [5.74, 6) is 0.420. The summed E-state index contributed by atoms with van der Waals surface area (Å²) in [6.07, 6.45) is -2.63. The average molecular weight is 460 g/mol. The van der Waals surface area contributed by atoms with E-state index in [1.165, 1.54) is 12.1 Å². The summed E-state index contributed by atoms with van der Waals surface area (Å²) in [6, 6.07) is 22.2. The molecule has 0 aliphatic carbocycles. The van der Waals surface area contributed by atoms with Gasteiger partial charge in [-0.1, -0.05) is 29.4 Å². The summed E-state index contributed by atoms with van der Waals surface area (Å²) in [5, 5.41) is 11.2. The zero-order chi connectivity index (χ0) is 23.7. The first-order valence-electron chi connectivity index (χ1n) is 10.5. The summed E-state index contributed by atoms with van der Waals surface area (Å²) in [7, 11) is 0. The molecule has 2 aromatic heterocycles. The van der Waals surface area contributed by atoms with Gasteiger partial charge in [-0.2, -0.15) is 13.2 Å². The van der Waals surface area contributed by atoms with Gasteiger partial charge in [-0.25, -0.2) is 0 Å². The van der Waals surface area contributed by atoms with Crippen LogP contribution in [0.5, 0.6) is 0 Å². The normalized spacial score (nSPS) is 11.5. The number of fused-ring (bicyclic) bond motifs is 1. The number of benzene rings is 3. The standard InChI is InChI=1S/C26H19F3N4O/c1-16-5-14-21-24(34-33-25(21)32-20-12-8-18(9-13-20)26(27,28)29)23(16)31-19-10-6-17(7-11-19)22-4-2-3-15-30-22/h2-15,31H,1H3,(H,32,33). The highest BCUT2D eigenvalue weighted by atomic mass is 19.4. The second-order valence-corrected chi connectivity index (χ2v) is 7.78. The molecule has 8 heteroatoms. The Morgan fingerprint density at radius 3 is 2.18 bits per heavy atom. The minimum atomic E-state index is -4.38. The third kappa shape index (κ3) is 4.30. The predicted octanol–water partition coefficient (Wildman–Crippen LogP) is 7.70. The molecule has 0 bridgehead atoms. The molecule has 2 heterocycles. The Kier molecular flexibility index (Phi) is 5.41. The van der Waals surface area contributed by atoms with Crippen LogP contribution < -0.4 is 10.6 Å². The van der Waals surface area contributed by atoms with Gasteiger partial charge in [0.15, 0.2) is 11.4 Å². The summed E-state index contributed by atoms with van der Waals surface area (Å²) in [5.41, 5.74) is 4.79. The fraction of sp³-hybridized carbons (Fsp3) is 0.0769. The number of aryl methyl sites for hydroxylation is 1. The lowest BCUT2D eigenvalue weighted by atomic mass is 10.1. The summed E-state index contributed by atoms with van der Waals surface area (Å²) in [6.45, 7) is 1.95. The Bertz CT molecular complexity index is 1430. The zero-order valence-corrected chi connectivity index (χ0v) is 18.0. The summed E-state index contributed by atoms with van der Waals surface area (Å²) in [4.78, 5) is 4.37. The number of nitrogens with zero attached hydrogens (tertiary/aromatic N) is 2. The molecule has 34 heavy (non-hydrogen) atoms. The lowest BCUT2D eigenvalue weighted by Crippen LogP contribution is -2.04. The van der Waals surface area contributed by atoms with Gasteiger partial charge in [0, 0.05) is 23.1 Å². The van der Waals surface area contributed by atoms with E-state index in [1.54, 1.807) is 6.20 Å². The monoisotopic (exact) mass is 460 g/mol. The van der Waals surface area contributed by atoms with Crippen molar-refractivity contribution in [3.05, 3.63) is 96.2 Å². The highest BCUT2D eigenvalue weighted by molar-refractivity contribution is 5.99. The molecule has 0 aliphatic rings. The van der Waals surface area contributed by atoms with E-state index in [4.69, 9.17) is 4.52 Å². The van der Waals surface area contributed by atoms with Crippen LogP contribution in [-0.2, 0) is 6.18 Å². The van der Waals surface area contributed by atoms with Crippen LogP contribution in [0.15, 0.2) is 89.6 Å². The van der Waals surface area contributed by atoms with Crippen LogP contribution in [0.2, 0.25) is 0 Å².